The molecule has 18 heteroatoms. The maximum absolute atomic E-state index is 13.3. The van der Waals surface area contributed by atoms with Gasteiger partial charge in [0.05, 0.1) is 37.8 Å². The van der Waals surface area contributed by atoms with Crippen LogP contribution in [0.2, 0.25) is 0 Å². The summed E-state index contributed by atoms with van der Waals surface area (Å²) in [6.07, 6.45) is -3.62. The van der Waals surface area contributed by atoms with Gasteiger partial charge in [-0.3, -0.25) is 19.2 Å². The number of hydrogen-bond donors (Lipinski definition) is 8. The number of carbonyl (C=O) groups is 6. The van der Waals surface area contributed by atoms with Gasteiger partial charge in [-0.25, -0.2) is 9.59 Å². The quantitative estimate of drug-likeness (QED) is 0.0583. The number of unbranched alkanes of at least 4 members (excludes halogenated alkanes) is 2. The number of carboxylic acids is 2. The first-order chi connectivity index (χ1) is 23.7. The zero-order valence-electron chi connectivity index (χ0n) is 29.0. The van der Waals surface area contributed by atoms with E-state index in [0.717, 1.165) is 0 Å². The molecule has 0 aromatic rings. The molecule has 18 nitrogen and oxygen atoms in total. The number of hydrogen-bond acceptors (Lipinski definition) is 12. The number of nitrogens with one attached hydrogen (secondary N) is 3. The monoisotopic (exact) mass is 718 g/mol. The van der Waals surface area contributed by atoms with E-state index >= 15 is 0 Å². The number of nitrogens with zero attached hydrogens (tertiary/aromatic N) is 1. The van der Waals surface area contributed by atoms with Crippen LogP contribution in [0.5, 0.6) is 0 Å². The number of carbonyl (C=O) groups excluding carboxylic acids is 4. The van der Waals surface area contributed by atoms with Crippen molar-refractivity contribution in [2.45, 2.75) is 115 Å². The highest BCUT2D eigenvalue weighted by atomic mass is 16.7. The molecule has 2 fully saturated rings. The number of likely N-dealkylation sites (tertiary alicyclic amines) is 1. The first-order valence-electron chi connectivity index (χ1n) is 17.2. The minimum Gasteiger partial charge on any atom is -0.480 e. The summed E-state index contributed by atoms with van der Waals surface area (Å²) in [7, 11) is 0. The fourth-order valence-corrected chi connectivity index (χ4v) is 5.63. The normalized spacial score (nSPS) is 26.1. The van der Waals surface area contributed by atoms with Crippen LogP contribution in [0.1, 0.15) is 72.1 Å². The maximum atomic E-state index is 13.3. The second-order valence-corrected chi connectivity index (χ2v) is 12.6. The Morgan fingerprint density at radius 3 is 1.82 bits per heavy atom. The van der Waals surface area contributed by atoms with Gasteiger partial charge in [0.2, 0.25) is 23.6 Å². The minimum atomic E-state index is -1.44. The Bertz CT molecular complexity index is 1090. The number of rotatable bonds is 22. The average Bonchev–Trinajstić information content (AvgIpc) is 3.54. The SMILES string of the molecule is CCCC[C@H](NC(=O)[C@@H]1CN(C(=O)CCC(=O)NCCOCCO[C@@H]2O[C@@H](C)C(O)[C@@H](O)[C@H]2O)C[C@H]1C(=O)N[C@@H](CCCC)C(=O)O)C(=O)O. The molecule has 2 aliphatic heterocycles. The van der Waals surface area contributed by atoms with Gasteiger partial charge in [0.25, 0.3) is 0 Å². The van der Waals surface area contributed by atoms with Gasteiger partial charge in [0.1, 0.15) is 30.4 Å². The van der Waals surface area contributed by atoms with Crippen molar-refractivity contribution in [1.82, 2.24) is 20.9 Å². The lowest BCUT2D eigenvalue weighted by Crippen LogP contribution is -2.57. The van der Waals surface area contributed by atoms with Gasteiger partial charge in [-0.2, -0.15) is 0 Å². The van der Waals surface area contributed by atoms with Crippen molar-refractivity contribution >= 4 is 35.6 Å². The first-order valence-corrected chi connectivity index (χ1v) is 17.2. The summed E-state index contributed by atoms with van der Waals surface area (Å²) in [6.45, 7) is 5.12. The van der Waals surface area contributed by atoms with Gasteiger partial charge in [-0.15, -0.1) is 0 Å². The summed E-state index contributed by atoms with van der Waals surface area (Å²) in [6, 6.07) is -2.39. The van der Waals surface area contributed by atoms with Crippen molar-refractivity contribution in [2.24, 2.45) is 11.8 Å². The van der Waals surface area contributed by atoms with E-state index in [1.807, 2.05) is 13.8 Å². The van der Waals surface area contributed by atoms with Crippen molar-refractivity contribution in [3.63, 3.8) is 0 Å². The maximum Gasteiger partial charge on any atom is 0.326 e. The van der Waals surface area contributed by atoms with Crippen LogP contribution < -0.4 is 16.0 Å². The van der Waals surface area contributed by atoms with Gasteiger partial charge in [0.15, 0.2) is 6.29 Å². The Morgan fingerprint density at radius 1 is 0.780 bits per heavy atom. The Labute approximate surface area is 291 Å². The van der Waals surface area contributed by atoms with Crippen molar-refractivity contribution < 1.29 is 68.5 Å². The van der Waals surface area contributed by atoms with Crippen molar-refractivity contribution in [3.05, 3.63) is 0 Å². The van der Waals surface area contributed by atoms with E-state index in [2.05, 4.69) is 16.0 Å². The van der Waals surface area contributed by atoms with E-state index in [-0.39, 0.29) is 65.1 Å². The summed E-state index contributed by atoms with van der Waals surface area (Å²) in [4.78, 5) is 76.8. The lowest BCUT2D eigenvalue weighted by Gasteiger charge is -2.38. The summed E-state index contributed by atoms with van der Waals surface area (Å²) < 4.78 is 16.1. The Morgan fingerprint density at radius 2 is 1.32 bits per heavy atom. The molecule has 8 N–H and O–H groups in total. The van der Waals surface area contributed by atoms with Crippen LogP contribution in [0.3, 0.4) is 0 Å². The van der Waals surface area contributed by atoms with Crippen LogP contribution in [-0.2, 0) is 43.0 Å². The topological polar surface area (TPSA) is 271 Å². The number of amides is 4. The van der Waals surface area contributed by atoms with E-state index in [1.165, 1.54) is 11.8 Å². The molecule has 4 amide bonds. The summed E-state index contributed by atoms with van der Waals surface area (Å²) in [5.41, 5.74) is 0. The fraction of sp³-hybridized carbons (Fsp3) is 0.812. The lowest BCUT2D eigenvalue weighted by molar-refractivity contribution is -0.294. The van der Waals surface area contributed by atoms with Crippen LogP contribution in [0.15, 0.2) is 0 Å². The molecule has 0 bridgehead atoms. The molecule has 9 atom stereocenters. The Kier molecular flexibility index (Phi) is 18.6. The Hall–Kier alpha value is -3.42. The van der Waals surface area contributed by atoms with Gasteiger partial charge < -0.3 is 60.6 Å². The smallest absolute Gasteiger partial charge is 0.326 e. The standard InChI is InChI=1S/C32H54N4O14/c1-4-6-8-21(30(44)45)34-28(42)19-16-36(17-20(19)29(43)35-22(31(46)47)9-7-5-2)24(38)11-10-23(37)33-12-13-48-14-15-49-32-27(41)26(40)25(39)18(3)50-32/h18-22,25-27,32,39-41H,4-17H2,1-3H3,(H,33,37)(H,34,42)(H,35,43)(H,44,45)(H,46,47)/t18-,19+,20+,21-,22-,25?,26+,27+,32+/m0/s1. The van der Waals surface area contributed by atoms with Gasteiger partial charge in [0, 0.05) is 32.5 Å². The molecule has 0 aromatic heterocycles. The van der Waals surface area contributed by atoms with Crippen molar-refractivity contribution in [1.29, 1.82) is 0 Å². The third-order valence-electron chi connectivity index (χ3n) is 8.72. The molecule has 0 spiro atoms. The molecule has 0 aromatic carbocycles. The average molecular weight is 719 g/mol. The highest BCUT2D eigenvalue weighted by Gasteiger charge is 2.45. The highest BCUT2D eigenvalue weighted by Crippen LogP contribution is 2.26. The predicted molar refractivity (Wildman–Crippen MR) is 173 cm³/mol. The zero-order valence-corrected chi connectivity index (χ0v) is 29.0. The molecule has 1 unspecified atom stereocenters. The van der Waals surface area contributed by atoms with Gasteiger partial charge in [-0.1, -0.05) is 39.5 Å². The van der Waals surface area contributed by atoms with Crippen LogP contribution >= 0.6 is 0 Å². The molecule has 0 saturated carbocycles. The third-order valence-corrected chi connectivity index (χ3v) is 8.72. The van der Waals surface area contributed by atoms with Crippen LogP contribution in [0, 0.1) is 11.8 Å². The molecule has 2 aliphatic rings. The van der Waals surface area contributed by atoms with Crippen molar-refractivity contribution in [3.8, 4) is 0 Å². The van der Waals surface area contributed by atoms with Crippen molar-refractivity contribution in [2.75, 3.05) is 39.5 Å². The van der Waals surface area contributed by atoms with Crippen LogP contribution in [0.4, 0.5) is 0 Å². The molecule has 0 radical (unpaired) electrons. The van der Waals surface area contributed by atoms with E-state index in [9.17, 15) is 54.3 Å². The van der Waals surface area contributed by atoms with E-state index in [1.54, 1.807) is 0 Å². The number of ether oxygens (including phenoxy) is 3. The number of carboxylic acid groups (broad SMARTS) is 2. The van der Waals surface area contributed by atoms with E-state index < -0.39 is 90.2 Å². The van der Waals surface area contributed by atoms with Crippen LogP contribution in [-0.4, -0.2) is 148 Å². The van der Waals surface area contributed by atoms with Gasteiger partial charge >= 0.3 is 11.9 Å². The molecule has 286 valence electrons. The first kappa shape index (κ1) is 42.7. The second kappa shape index (κ2) is 21.7. The molecule has 50 heavy (non-hydrogen) atoms. The molecule has 0 aliphatic carbocycles. The summed E-state index contributed by atoms with van der Waals surface area (Å²) >= 11 is 0. The Balaban J connectivity index is 1.87. The summed E-state index contributed by atoms with van der Waals surface area (Å²) in [5.74, 6) is -7.18. The molecule has 2 heterocycles. The van der Waals surface area contributed by atoms with E-state index in [4.69, 9.17) is 14.2 Å². The predicted octanol–water partition coefficient (Wildman–Crippen LogP) is -1.66. The number of aliphatic hydroxyl groups is 3. The molecular weight excluding hydrogens is 664 g/mol. The highest BCUT2D eigenvalue weighted by molar-refractivity contribution is 5.94. The fourth-order valence-electron chi connectivity index (χ4n) is 5.63. The molecular formula is C32H54N4O14. The lowest BCUT2D eigenvalue weighted by atomic mass is 9.93. The third kappa shape index (κ3) is 13.4. The zero-order chi connectivity index (χ0) is 37.4. The number of aliphatic hydroxyl groups excluding tert-OH is 3. The largest absolute Gasteiger partial charge is 0.480 e. The second-order valence-electron chi connectivity index (χ2n) is 12.6. The van der Waals surface area contributed by atoms with E-state index in [0.29, 0.717) is 25.7 Å². The summed E-state index contributed by atoms with van der Waals surface area (Å²) in [5, 5.41) is 56.2. The van der Waals surface area contributed by atoms with Crippen LogP contribution in [0.25, 0.3) is 0 Å². The minimum absolute atomic E-state index is 0.00101. The number of aliphatic carboxylic acids is 2. The van der Waals surface area contributed by atoms with Gasteiger partial charge in [-0.05, 0) is 19.8 Å². The molecule has 2 rings (SSSR count). The molecule has 2 saturated heterocycles.